The highest BCUT2D eigenvalue weighted by Crippen LogP contribution is 2.14. The molecule has 1 aromatic heterocycles. The Kier molecular flexibility index (Phi) is 4.82. The van der Waals surface area contributed by atoms with Crippen LogP contribution in [0.15, 0.2) is 43.0 Å². The molecule has 96 valence electrons. The van der Waals surface area contributed by atoms with Crippen LogP contribution >= 0.6 is 0 Å². The predicted octanol–water partition coefficient (Wildman–Crippen LogP) is 3.86. The van der Waals surface area contributed by atoms with Crippen LogP contribution in [-0.4, -0.2) is 16.1 Å². The Morgan fingerprint density at radius 3 is 2.94 bits per heavy atom. The van der Waals surface area contributed by atoms with Crippen LogP contribution in [0.4, 0.5) is 5.69 Å². The van der Waals surface area contributed by atoms with Gasteiger partial charge in [0.1, 0.15) is 0 Å². The standard InChI is InChI=1S/C15H21N3/c1-2-3-4-5-9-17-14-7-6-8-15(12-14)18-11-10-16-13-18/h6-8,10-13,17H,2-5,9H2,1H3. The molecule has 0 saturated carbocycles. The van der Waals surface area contributed by atoms with Crippen molar-refractivity contribution in [2.75, 3.05) is 11.9 Å². The summed E-state index contributed by atoms with van der Waals surface area (Å²) in [4.78, 5) is 4.07. The van der Waals surface area contributed by atoms with Gasteiger partial charge in [-0.15, -0.1) is 0 Å². The summed E-state index contributed by atoms with van der Waals surface area (Å²) < 4.78 is 2.02. The first-order valence-electron chi connectivity index (χ1n) is 6.72. The lowest BCUT2D eigenvalue weighted by atomic mass is 10.2. The van der Waals surface area contributed by atoms with Crippen LogP contribution in [0.25, 0.3) is 5.69 Å². The van der Waals surface area contributed by atoms with Crippen molar-refractivity contribution in [3.8, 4) is 5.69 Å². The van der Waals surface area contributed by atoms with Crippen molar-refractivity contribution in [3.63, 3.8) is 0 Å². The highest BCUT2D eigenvalue weighted by atomic mass is 15.0. The topological polar surface area (TPSA) is 29.9 Å². The minimum atomic E-state index is 1.05. The van der Waals surface area contributed by atoms with Crippen LogP contribution < -0.4 is 5.32 Å². The van der Waals surface area contributed by atoms with E-state index >= 15 is 0 Å². The minimum absolute atomic E-state index is 1.05. The van der Waals surface area contributed by atoms with Gasteiger partial charge in [0.15, 0.2) is 0 Å². The van der Waals surface area contributed by atoms with Gasteiger partial charge in [-0.05, 0) is 24.6 Å². The van der Waals surface area contributed by atoms with Crippen molar-refractivity contribution < 1.29 is 0 Å². The summed E-state index contributed by atoms with van der Waals surface area (Å²) in [5, 5.41) is 3.47. The van der Waals surface area contributed by atoms with Crippen LogP contribution in [0, 0.1) is 0 Å². The van der Waals surface area contributed by atoms with Crippen LogP contribution in [0.1, 0.15) is 32.6 Å². The van der Waals surface area contributed by atoms with E-state index in [-0.39, 0.29) is 0 Å². The summed E-state index contributed by atoms with van der Waals surface area (Å²) in [6.45, 7) is 3.29. The Labute approximate surface area is 109 Å². The third kappa shape index (κ3) is 3.62. The zero-order chi connectivity index (χ0) is 12.6. The Bertz CT molecular complexity index is 449. The number of hydrogen-bond donors (Lipinski definition) is 1. The van der Waals surface area contributed by atoms with Gasteiger partial charge in [0, 0.05) is 30.3 Å². The van der Waals surface area contributed by atoms with Crippen molar-refractivity contribution in [2.24, 2.45) is 0 Å². The maximum absolute atomic E-state index is 4.07. The number of benzene rings is 1. The number of nitrogens with one attached hydrogen (secondary N) is 1. The molecule has 2 rings (SSSR count). The number of rotatable bonds is 7. The highest BCUT2D eigenvalue weighted by molar-refractivity contribution is 5.51. The number of imidazole rings is 1. The van der Waals surface area contributed by atoms with Gasteiger partial charge in [-0.2, -0.15) is 0 Å². The monoisotopic (exact) mass is 243 g/mol. The van der Waals surface area contributed by atoms with Gasteiger partial charge >= 0.3 is 0 Å². The first kappa shape index (κ1) is 12.7. The second-order valence-electron chi connectivity index (χ2n) is 4.51. The number of hydrogen-bond acceptors (Lipinski definition) is 2. The molecule has 0 aliphatic carbocycles. The molecule has 0 spiro atoms. The van der Waals surface area contributed by atoms with E-state index in [4.69, 9.17) is 0 Å². The molecule has 0 aliphatic heterocycles. The Balaban J connectivity index is 1.88. The fourth-order valence-corrected chi connectivity index (χ4v) is 1.97. The van der Waals surface area contributed by atoms with Crippen molar-refractivity contribution in [1.29, 1.82) is 0 Å². The smallest absolute Gasteiger partial charge is 0.0991 e. The van der Waals surface area contributed by atoms with Gasteiger partial charge in [-0.3, -0.25) is 0 Å². The van der Waals surface area contributed by atoms with Gasteiger partial charge in [0.2, 0.25) is 0 Å². The number of aromatic nitrogens is 2. The normalized spacial score (nSPS) is 10.5. The first-order valence-corrected chi connectivity index (χ1v) is 6.72. The SMILES string of the molecule is CCCCCCNc1cccc(-n2ccnc2)c1. The van der Waals surface area contributed by atoms with E-state index in [1.807, 2.05) is 17.1 Å². The van der Waals surface area contributed by atoms with Crippen molar-refractivity contribution >= 4 is 5.69 Å². The maximum Gasteiger partial charge on any atom is 0.0991 e. The van der Waals surface area contributed by atoms with Gasteiger partial charge in [-0.25, -0.2) is 4.98 Å². The molecule has 0 atom stereocenters. The lowest BCUT2D eigenvalue weighted by Crippen LogP contribution is -2.02. The summed E-state index contributed by atoms with van der Waals surface area (Å²) in [6, 6.07) is 8.43. The predicted molar refractivity (Wildman–Crippen MR) is 76.2 cm³/mol. The van der Waals surface area contributed by atoms with Crippen molar-refractivity contribution in [3.05, 3.63) is 43.0 Å². The fraction of sp³-hybridized carbons (Fsp3) is 0.400. The van der Waals surface area contributed by atoms with Crippen molar-refractivity contribution in [2.45, 2.75) is 32.6 Å². The molecule has 3 nitrogen and oxygen atoms in total. The van der Waals surface area contributed by atoms with E-state index < -0.39 is 0 Å². The average molecular weight is 243 g/mol. The van der Waals surface area contributed by atoms with E-state index in [0.717, 1.165) is 12.2 Å². The highest BCUT2D eigenvalue weighted by Gasteiger charge is 1.97. The molecule has 1 aromatic carbocycles. The summed E-state index contributed by atoms with van der Waals surface area (Å²) in [6.07, 6.45) is 10.7. The summed E-state index contributed by atoms with van der Waals surface area (Å²) >= 11 is 0. The Hall–Kier alpha value is -1.77. The molecule has 3 heteroatoms. The van der Waals surface area contributed by atoms with E-state index in [0.29, 0.717) is 0 Å². The van der Waals surface area contributed by atoms with Crippen molar-refractivity contribution in [1.82, 2.24) is 9.55 Å². The lowest BCUT2D eigenvalue weighted by Gasteiger charge is -2.08. The number of anilines is 1. The van der Waals surface area contributed by atoms with E-state index in [9.17, 15) is 0 Å². The van der Waals surface area contributed by atoms with Crippen LogP contribution in [0.5, 0.6) is 0 Å². The average Bonchev–Trinajstić information content (AvgIpc) is 2.93. The molecule has 0 saturated heterocycles. The molecule has 0 aliphatic rings. The fourth-order valence-electron chi connectivity index (χ4n) is 1.97. The van der Waals surface area contributed by atoms with E-state index in [1.165, 1.54) is 31.4 Å². The molecule has 0 amide bonds. The molecule has 2 aromatic rings. The quantitative estimate of drug-likeness (QED) is 0.748. The zero-order valence-corrected chi connectivity index (χ0v) is 11.0. The Morgan fingerprint density at radius 1 is 1.22 bits per heavy atom. The van der Waals surface area contributed by atoms with Crippen LogP contribution in [0.2, 0.25) is 0 Å². The molecule has 0 bridgehead atoms. The van der Waals surface area contributed by atoms with Gasteiger partial charge < -0.3 is 9.88 Å². The van der Waals surface area contributed by atoms with Crippen LogP contribution in [-0.2, 0) is 0 Å². The molecule has 1 N–H and O–H groups in total. The molecule has 0 unspecified atom stereocenters. The largest absolute Gasteiger partial charge is 0.385 e. The van der Waals surface area contributed by atoms with E-state index in [1.54, 1.807) is 6.20 Å². The Morgan fingerprint density at radius 2 is 2.17 bits per heavy atom. The maximum atomic E-state index is 4.07. The molecule has 0 fully saturated rings. The lowest BCUT2D eigenvalue weighted by molar-refractivity contribution is 0.685. The van der Waals surface area contributed by atoms with Crippen LogP contribution in [0.3, 0.4) is 0 Å². The number of unbranched alkanes of at least 4 members (excludes halogenated alkanes) is 3. The molecular formula is C15H21N3. The van der Waals surface area contributed by atoms with Gasteiger partial charge in [0.25, 0.3) is 0 Å². The third-order valence-electron chi connectivity index (χ3n) is 3.01. The molecule has 1 heterocycles. The van der Waals surface area contributed by atoms with Gasteiger partial charge in [0.05, 0.1) is 6.33 Å². The minimum Gasteiger partial charge on any atom is -0.385 e. The summed E-state index contributed by atoms with van der Waals surface area (Å²) in [5.41, 5.74) is 2.32. The second-order valence-corrected chi connectivity index (χ2v) is 4.51. The van der Waals surface area contributed by atoms with Gasteiger partial charge in [-0.1, -0.05) is 32.3 Å². The first-order chi connectivity index (χ1) is 8.90. The molecule has 0 radical (unpaired) electrons. The summed E-state index contributed by atoms with van der Waals surface area (Å²) in [5.74, 6) is 0. The van der Waals surface area contributed by atoms with E-state index in [2.05, 4.69) is 41.5 Å². The molecule has 18 heavy (non-hydrogen) atoms. The second kappa shape index (κ2) is 6.84. The number of nitrogens with zero attached hydrogens (tertiary/aromatic N) is 2. The summed E-state index contributed by atoms with van der Waals surface area (Å²) in [7, 11) is 0. The third-order valence-corrected chi connectivity index (χ3v) is 3.01. The molecular weight excluding hydrogens is 222 g/mol. The zero-order valence-electron chi connectivity index (χ0n) is 11.0.